The molecule has 1 amide bonds. The number of nitro groups is 1. The molecule has 0 atom stereocenters. The number of hydrogen-bond donors (Lipinski definition) is 0. The molecule has 0 bridgehead atoms. The number of rotatable bonds is 6. The number of benzene rings is 1. The third-order valence-corrected chi connectivity index (χ3v) is 8.08. The third-order valence-electron chi connectivity index (χ3n) is 4.81. The molecule has 1 fully saturated rings. The van der Waals surface area contributed by atoms with E-state index >= 15 is 0 Å². The van der Waals surface area contributed by atoms with E-state index < -0.39 is 14.9 Å². The van der Waals surface area contributed by atoms with Crippen molar-refractivity contribution in [2.45, 2.75) is 23.6 Å². The number of nitro benzene ring substituents is 1. The van der Waals surface area contributed by atoms with Gasteiger partial charge in [0.2, 0.25) is 5.91 Å². The monoisotopic (exact) mass is 423 g/mol. The van der Waals surface area contributed by atoms with Crippen molar-refractivity contribution in [3.63, 3.8) is 0 Å². The first-order valence-electron chi connectivity index (χ1n) is 8.81. The zero-order valence-electron chi connectivity index (χ0n) is 15.4. The van der Waals surface area contributed by atoms with E-state index in [9.17, 15) is 23.3 Å². The van der Waals surface area contributed by atoms with Gasteiger partial charge < -0.3 is 4.90 Å². The molecule has 0 radical (unpaired) electrons. The van der Waals surface area contributed by atoms with Crippen LogP contribution in [0.1, 0.15) is 18.4 Å². The van der Waals surface area contributed by atoms with E-state index in [0.29, 0.717) is 35.7 Å². The summed E-state index contributed by atoms with van der Waals surface area (Å²) in [5.74, 6) is -0.321. The van der Waals surface area contributed by atoms with Crippen molar-refractivity contribution in [3.05, 3.63) is 57.5 Å². The van der Waals surface area contributed by atoms with Gasteiger partial charge in [-0.25, -0.2) is 8.42 Å². The number of hydrogen-bond acceptors (Lipinski definition) is 6. The lowest BCUT2D eigenvalue weighted by atomic mass is 9.96. The quantitative estimate of drug-likeness (QED) is 0.525. The van der Waals surface area contributed by atoms with Gasteiger partial charge in [-0.05, 0) is 29.9 Å². The summed E-state index contributed by atoms with van der Waals surface area (Å²) in [6.07, 6.45) is 0.922. The SMILES string of the molecule is CN(Cc1cccc([N+](=O)[O-])c1)C(=O)C1CCN(S(=O)(=O)c2cccs2)CC1. The Morgan fingerprint density at radius 1 is 1.29 bits per heavy atom. The Morgan fingerprint density at radius 3 is 2.61 bits per heavy atom. The average Bonchev–Trinajstić information content (AvgIpc) is 3.23. The van der Waals surface area contributed by atoms with Crippen molar-refractivity contribution >= 4 is 33.0 Å². The van der Waals surface area contributed by atoms with E-state index in [1.807, 2.05) is 0 Å². The fraction of sp³-hybridized carbons (Fsp3) is 0.389. The van der Waals surface area contributed by atoms with E-state index in [4.69, 9.17) is 0 Å². The summed E-state index contributed by atoms with van der Waals surface area (Å²) in [6, 6.07) is 9.50. The van der Waals surface area contributed by atoms with E-state index in [1.165, 1.54) is 27.8 Å². The van der Waals surface area contributed by atoms with Crippen molar-refractivity contribution in [3.8, 4) is 0 Å². The summed E-state index contributed by atoms with van der Waals surface area (Å²) >= 11 is 1.19. The maximum absolute atomic E-state index is 12.7. The molecule has 0 aliphatic carbocycles. The number of piperidine rings is 1. The van der Waals surface area contributed by atoms with Crippen LogP contribution in [0.3, 0.4) is 0 Å². The first-order chi connectivity index (χ1) is 13.3. The van der Waals surface area contributed by atoms with E-state index in [0.717, 1.165) is 0 Å². The topological polar surface area (TPSA) is 101 Å². The molecule has 1 aromatic carbocycles. The Morgan fingerprint density at radius 2 is 2.00 bits per heavy atom. The van der Waals surface area contributed by atoms with Crippen molar-refractivity contribution in [1.29, 1.82) is 0 Å². The smallest absolute Gasteiger partial charge is 0.269 e. The molecule has 0 spiro atoms. The van der Waals surface area contributed by atoms with Gasteiger partial charge in [-0.1, -0.05) is 18.2 Å². The summed E-state index contributed by atoms with van der Waals surface area (Å²) in [5.41, 5.74) is 0.674. The number of carbonyl (C=O) groups is 1. The number of carbonyl (C=O) groups excluding carboxylic acids is 1. The number of nitrogens with zero attached hydrogens (tertiary/aromatic N) is 3. The highest BCUT2D eigenvalue weighted by atomic mass is 32.2. The predicted molar refractivity (Wildman–Crippen MR) is 105 cm³/mol. The maximum atomic E-state index is 12.7. The lowest BCUT2D eigenvalue weighted by Crippen LogP contribution is -2.43. The number of amides is 1. The van der Waals surface area contributed by atoms with Crippen LogP contribution in [0.4, 0.5) is 5.69 Å². The highest BCUT2D eigenvalue weighted by Crippen LogP contribution is 2.27. The lowest BCUT2D eigenvalue weighted by Gasteiger charge is -2.32. The van der Waals surface area contributed by atoms with Gasteiger partial charge in [0, 0.05) is 44.7 Å². The number of sulfonamides is 1. The Balaban J connectivity index is 1.59. The molecule has 8 nitrogen and oxygen atoms in total. The molecule has 0 saturated carbocycles. The summed E-state index contributed by atoms with van der Waals surface area (Å²) in [4.78, 5) is 24.7. The lowest BCUT2D eigenvalue weighted by molar-refractivity contribution is -0.384. The van der Waals surface area contributed by atoms with Crippen LogP contribution in [-0.2, 0) is 21.4 Å². The van der Waals surface area contributed by atoms with Crippen LogP contribution in [0.15, 0.2) is 46.0 Å². The summed E-state index contributed by atoms with van der Waals surface area (Å²) in [7, 11) is -1.82. The summed E-state index contributed by atoms with van der Waals surface area (Å²) in [5, 5.41) is 12.6. The van der Waals surface area contributed by atoms with Crippen molar-refractivity contribution in [1.82, 2.24) is 9.21 Å². The standard InChI is InChI=1S/C18H21N3O5S2/c1-19(13-14-4-2-5-16(12-14)21(23)24)18(22)15-7-9-20(10-8-15)28(25,26)17-6-3-11-27-17/h2-6,11-12,15H,7-10,13H2,1H3. The summed E-state index contributed by atoms with van der Waals surface area (Å²) in [6.45, 7) is 0.886. The highest BCUT2D eigenvalue weighted by Gasteiger charge is 2.33. The molecule has 28 heavy (non-hydrogen) atoms. The second-order valence-electron chi connectivity index (χ2n) is 6.73. The first kappa shape index (κ1) is 20.4. The molecule has 1 aliphatic heterocycles. The number of thiophene rings is 1. The maximum Gasteiger partial charge on any atom is 0.269 e. The van der Waals surface area contributed by atoms with Crippen LogP contribution in [0.5, 0.6) is 0 Å². The Labute approximate surface area is 167 Å². The Kier molecular flexibility index (Phi) is 6.11. The first-order valence-corrected chi connectivity index (χ1v) is 11.1. The number of non-ortho nitro benzene ring substituents is 1. The third kappa shape index (κ3) is 4.40. The van der Waals surface area contributed by atoms with Gasteiger partial charge in [-0.2, -0.15) is 4.31 Å². The van der Waals surface area contributed by atoms with Gasteiger partial charge in [0.05, 0.1) is 4.92 Å². The van der Waals surface area contributed by atoms with E-state index in [2.05, 4.69) is 0 Å². The molecule has 2 aromatic rings. The van der Waals surface area contributed by atoms with Gasteiger partial charge in [-0.3, -0.25) is 14.9 Å². The second-order valence-corrected chi connectivity index (χ2v) is 9.84. The van der Waals surface area contributed by atoms with Crippen LogP contribution in [-0.4, -0.2) is 48.6 Å². The summed E-state index contributed by atoms with van der Waals surface area (Å²) < 4.78 is 26.9. The van der Waals surface area contributed by atoms with Crippen molar-refractivity contribution in [2.75, 3.05) is 20.1 Å². The predicted octanol–water partition coefficient (Wildman–Crippen LogP) is 2.72. The largest absolute Gasteiger partial charge is 0.341 e. The molecule has 10 heteroatoms. The zero-order valence-corrected chi connectivity index (χ0v) is 17.0. The van der Waals surface area contributed by atoms with Crippen molar-refractivity contribution < 1.29 is 18.1 Å². The van der Waals surface area contributed by atoms with Crippen LogP contribution in [0.25, 0.3) is 0 Å². The molecule has 1 aromatic heterocycles. The fourth-order valence-corrected chi connectivity index (χ4v) is 5.93. The van der Waals surface area contributed by atoms with Crippen LogP contribution < -0.4 is 0 Å². The molecule has 0 N–H and O–H groups in total. The normalized spacial score (nSPS) is 16.0. The van der Waals surface area contributed by atoms with Gasteiger partial charge in [-0.15, -0.1) is 11.3 Å². The highest BCUT2D eigenvalue weighted by molar-refractivity contribution is 7.91. The molecule has 0 unspecified atom stereocenters. The molecule has 3 rings (SSSR count). The molecule has 1 saturated heterocycles. The van der Waals surface area contributed by atoms with Gasteiger partial charge >= 0.3 is 0 Å². The molecular formula is C18H21N3O5S2. The molecule has 150 valence electrons. The fourth-order valence-electron chi connectivity index (χ4n) is 3.31. The van der Waals surface area contributed by atoms with Crippen molar-refractivity contribution in [2.24, 2.45) is 5.92 Å². The molecule has 2 heterocycles. The Hall–Kier alpha value is -2.30. The minimum atomic E-state index is -3.49. The van der Waals surface area contributed by atoms with Gasteiger partial charge in [0.15, 0.2) is 0 Å². The minimum absolute atomic E-state index is 0.00885. The zero-order chi connectivity index (χ0) is 20.3. The van der Waals surface area contributed by atoms with Crippen LogP contribution >= 0.6 is 11.3 Å². The average molecular weight is 424 g/mol. The Bertz CT molecular complexity index is 951. The van der Waals surface area contributed by atoms with Crippen LogP contribution in [0.2, 0.25) is 0 Å². The van der Waals surface area contributed by atoms with E-state index in [-0.39, 0.29) is 24.1 Å². The minimum Gasteiger partial charge on any atom is -0.341 e. The van der Waals surface area contributed by atoms with Gasteiger partial charge in [0.25, 0.3) is 15.7 Å². The van der Waals surface area contributed by atoms with E-state index in [1.54, 1.807) is 41.6 Å². The molecular weight excluding hydrogens is 402 g/mol. The molecule has 1 aliphatic rings. The second kappa shape index (κ2) is 8.38. The van der Waals surface area contributed by atoms with Gasteiger partial charge in [0.1, 0.15) is 4.21 Å². The van der Waals surface area contributed by atoms with Crippen LogP contribution in [0, 0.1) is 16.0 Å².